The minimum absolute atomic E-state index is 0.186. The maximum Gasteiger partial charge on any atom is 0.410 e. The van der Waals surface area contributed by atoms with Gasteiger partial charge in [0.25, 0.3) is 0 Å². The molecule has 0 spiro atoms. The second-order valence-corrected chi connectivity index (χ2v) is 6.91. The summed E-state index contributed by atoms with van der Waals surface area (Å²) in [5, 5.41) is 8.35. The zero-order valence-corrected chi connectivity index (χ0v) is 14.3. The SMILES string of the molecule is CN(C(=O)OC(C)(C)C)C1CCN(c2ccc(Cl)nn2)CC1. The van der Waals surface area contributed by atoms with E-state index in [-0.39, 0.29) is 12.1 Å². The van der Waals surface area contributed by atoms with E-state index in [1.165, 1.54) is 0 Å². The van der Waals surface area contributed by atoms with Crippen LogP contribution in [-0.2, 0) is 4.74 Å². The Bertz CT molecular complexity index is 507. The van der Waals surface area contributed by atoms with Gasteiger partial charge in [-0.15, -0.1) is 10.2 Å². The third-order valence-corrected chi connectivity index (χ3v) is 3.84. The minimum atomic E-state index is -0.467. The van der Waals surface area contributed by atoms with Crippen LogP contribution in [0.4, 0.5) is 10.6 Å². The first-order chi connectivity index (χ1) is 10.3. The van der Waals surface area contributed by atoms with Crippen molar-refractivity contribution in [2.45, 2.75) is 45.3 Å². The standard InChI is InChI=1S/C15H23ClN4O2/c1-15(2,3)22-14(21)19(4)11-7-9-20(10-8-11)13-6-5-12(16)17-18-13/h5-6,11H,7-10H2,1-4H3. The van der Waals surface area contributed by atoms with Gasteiger partial charge in [-0.2, -0.15) is 0 Å². The molecule has 0 bridgehead atoms. The molecule has 0 aromatic carbocycles. The average Bonchev–Trinajstić information content (AvgIpc) is 2.46. The van der Waals surface area contributed by atoms with E-state index < -0.39 is 5.60 Å². The first kappa shape index (κ1) is 16.8. The van der Waals surface area contributed by atoms with Crippen molar-refractivity contribution in [3.05, 3.63) is 17.3 Å². The first-order valence-corrected chi connectivity index (χ1v) is 7.84. The Balaban J connectivity index is 1.88. The molecule has 0 N–H and O–H groups in total. The highest BCUT2D eigenvalue weighted by molar-refractivity contribution is 6.29. The van der Waals surface area contributed by atoms with Gasteiger partial charge in [-0.3, -0.25) is 0 Å². The lowest BCUT2D eigenvalue weighted by atomic mass is 10.0. The molecule has 1 aromatic heterocycles. The monoisotopic (exact) mass is 326 g/mol. The Kier molecular flexibility index (Phi) is 5.11. The number of ether oxygens (including phenoxy) is 1. The molecular formula is C15H23ClN4O2. The van der Waals surface area contributed by atoms with Gasteiger partial charge in [-0.05, 0) is 45.7 Å². The molecule has 1 amide bonds. The molecule has 0 atom stereocenters. The third-order valence-electron chi connectivity index (χ3n) is 3.64. The van der Waals surface area contributed by atoms with Crippen LogP contribution in [0.1, 0.15) is 33.6 Å². The number of hydrogen-bond donors (Lipinski definition) is 0. The summed E-state index contributed by atoms with van der Waals surface area (Å²) in [5.74, 6) is 0.822. The molecule has 1 aliphatic heterocycles. The summed E-state index contributed by atoms with van der Waals surface area (Å²) in [6.45, 7) is 7.28. The van der Waals surface area contributed by atoms with Crippen LogP contribution in [-0.4, -0.2) is 53.0 Å². The Labute approximate surface area is 136 Å². The first-order valence-electron chi connectivity index (χ1n) is 7.46. The molecule has 122 valence electrons. The van der Waals surface area contributed by atoms with Gasteiger partial charge in [0.05, 0.1) is 0 Å². The van der Waals surface area contributed by atoms with Gasteiger partial charge in [0, 0.05) is 26.2 Å². The predicted molar refractivity (Wildman–Crippen MR) is 86.3 cm³/mol. The molecule has 0 aliphatic carbocycles. The van der Waals surface area contributed by atoms with Gasteiger partial charge in [-0.25, -0.2) is 4.79 Å². The van der Waals surface area contributed by atoms with E-state index in [0.717, 1.165) is 31.7 Å². The molecule has 6 nitrogen and oxygen atoms in total. The Morgan fingerprint density at radius 3 is 2.45 bits per heavy atom. The predicted octanol–water partition coefficient (Wildman–Crippen LogP) is 2.97. The fourth-order valence-electron chi connectivity index (χ4n) is 2.44. The van der Waals surface area contributed by atoms with Crippen molar-refractivity contribution < 1.29 is 9.53 Å². The fraction of sp³-hybridized carbons (Fsp3) is 0.667. The second kappa shape index (κ2) is 6.69. The summed E-state index contributed by atoms with van der Waals surface area (Å²) < 4.78 is 5.41. The van der Waals surface area contributed by atoms with Crippen LogP contribution in [0.5, 0.6) is 0 Å². The number of amides is 1. The number of piperidine rings is 1. The van der Waals surface area contributed by atoms with Crippen LogP contribution in [0.15, 0.2) is 12.1 Å². The van der Waals surface area contributed by atoms with E-state index in [2.05, 4.69) is 15.1 Å². The summed E-state index contributed by atoms with van der Waals surface area (Å²) >= 11 is 5.75. The third kappa shape index (κ3) is 4.47. The lowest BCUT2D eigenvalue weighted by Gasteiger charge is -2.37. The van der Waals surface area contributed by atoms with Gasteiger partial charge < -0.3 is 14.5 Å². The van der Waals surface area contributed by atoms with Crippen molar-refractivity contribution in [3.8, 4) is 0 Å². The van der Waals surface area contributed by atoms with Crippen LogP contribution in [0.25, 0.3) is 0 Å². The molecule has 1 aromatic rings. The van der Waals surface area contributed by atoms with Gasteiger partial charge in [0.2, 0.25) is 0 Å². The quantitative estimate of drug-likeness (QED) is 0.836. The zero-order chi connectivity index (χ0) is 16.3. The van der Waals surface area contributed by atoms with Crippen LogP contribution in [0, 0.1) is 0 Å². The summed E-state index contributed by atoms with van der Waals surface area (Å²) in [5.41, 5.74) is -0.467. The summed E-state index contributed by atoms with van der Waals surface area (Å²) in [6.07, 6.45) is 1.48. The molecule has 1 aliphatic rings. The number of aromatic nitrogens is 2. The van der Waals surface area contributed by atoms with E-state index in [4.69, 9.17) is 16.3 Å². The lowest BCUT2D eigenvalue weighted by molar-refractivity contribution is 0.0201. The Morgan fingerprint density at radius 2 is 1.95 bits per heavy atom. The van der Waals surface area contributed by atoms with Gasteiger partial charge >= 0.3 is 6.09 Å². The van der Waals surface area contributed by atoms with E-state index >= 15 is 0 Å². The number of carbonyl (C=O) groups is 1. The minimum Gasteiger partial charge on any atom is -0.444 e. The number of anilines is 1. The van der Waals surface area contributed by atoms with Crippen molar-refractivity contribution in [1.82, 2.24) is 15.1 Å². The summed E-state index contributed by atoms with van der Waals surface area (Å²) in [4.78, 5) is 16.0. The van der Waals surface area contributed by atoms with E-state index in [1.807, 2.05) is 26.8 Å². The number of halogens is 1. The number of hydrogen-bond acceptors (Lipinski definition) is 5. The maximum absolute atomic E-state index is 12.1. The smallest absolute Gasteiger partial charge is 0.410 e. The number of nitrogens with zero attached hydrogens (tertiary/aromatic N) is 4. The van der Waals surface area contributed by atoms with Crippen molar-refractivity contribution >= 4 is 23.5 Å². The highest BCUT2D eigenvalue weighted by Gasteiger charge is 2.28. The topological polar surface area (TPSA) is 58.6 Å². The van der Waals surface area contributed by atoms with Crippen molar-refractivity contribution in [1.29, 1.82) is 0 Å². The molecule has 2 rings (SSSR count). The average molecular weight is 327 g/mol. The van der Waals surface area contributed by atoms with Gasteiger partial charge in [-0.1, -0.05) is 11.6 Å². The molecule has 2 heterocycles. The molecular weight excluding hydrogens is 304 g/mol. The maximum atomic E-state index is 12.1. The molecule has 0 unspecified atom stereocenters. The van der Waals surface area contributed by atoms with E-state index in [1.54, 1.807) is 18.0 Å². The van der Waals surface area contributed by atoms with E-state index in [9.17, 15) is 4.79 Å². The van der Waals surface area contributed by atoms with Crippen molar-refractivity contribution in [2.75, 3.05) is 25.0 Å². The molecule has 22 heavy (non-hydrogen) atoms. The van der Waals surface area contributed by atoms with Crippen LogP contribution in [0.3, 0.4) is 0 Å². The number of carbonyl (C=O) groups excluding carboxylic acids is 1. The Hall–Kier alpha value is -1.56. The van der Waals surface area contributed by atoms with Crippen LogP contribution < -0.4 is 4.90 Å². The second-order valence-electron chi connectivity index (χ2n) is 6.52. The highest BCUT2D eigenvalue weighted by Crippen LogP contribution is 2.22. The molecule has 1 saturated heterocycles. The molecule has 0 saturated carbocycles. The van der Waals surface area contributed by atoms with E-state index in [0.29, 0.717) is 5.15 Å². The normalized spacial score (nSPS) is 16.5. The summed E-state index contributed by atoms with van der Waals surface area (Å²) in [6, 6.07) is 3.79. The van der Waals surface area contributed by atoms with Gasteiger partial charge in [0.15, 0.2) is 11.0 Å². The summed E-state index contributed by atoms with van der Waals surface area (Å²) in [7, 11) is 1.80. The molecule has 7 heteroatoms. The zero-order valence-electron chi connectivity index (χ0n) is 13.5. The largest absolute Gasteiger partial charge is 0.444 e. The highest BCUT2D eigenvalue weighted by atomic mass is 35.5. The van der Waals surface area contributed by atoms with Gasteiger partial charge in [0.1, 0.15) is 5.60 Å². The van der Waals surface area contributed by atoms with Crippen molar-refractivity contribution in [3.63, 3.8) is 0 Å². The Morgan fingerprint density at radius 1 is 1.32 bits per heavy atom. The van der Waals surface area contributed by atoms with Crippen LogP contribution >= 0.6 is 11.6 Å². The van der Waals surface area contributed by atoms with Crippen LogP contribution in [0.2, 0.25) is 5.15 Å². The lowest BCUT2D eigenvalue weighted by Crippen LogP contribution is -2.47. The number of rotatable bonds is 2. The van der Waals surface area contributed by atoms with Crippen molar-refractivity contribution in [2.24, 2.45) is 0 Å². The molecule has 0 radical (unpaired) electrons. The molecule has 1 fully saturated rings. The fourth-order valence-corrected chi connectivity index (χ4v) is 2.54.